The molecule has 142 heavy (non-hydrogen) atoms. The summed E-state index contributed by atoms with van der Waals surface area (Å²) in [7, 11) is 0. The van der Waals surface area contributed by atoms with E-state index in [-0.39, 0.29) is 12.5 Å². The highest BCUT2D eigenvalue weighted by molar-refractivity contribution is 9.11. The lowest BCUT2D eigenvalue weighted by atomic mass is 9.98. The molecule has 0 radical (unpaired) electrons. The summed E-state index contributed by atoms with van der Waals surface area (Å²) in [5.41, 5.74) is 38.4. The molecule has 25 heteroatoms. The topological polar surface area (TPSA) is 313 Å². The van der Waals surface area contributed by atoms with Crippen LogP contribution in [0.4, 0.5) is 17.1 Å². The minimum absolute atomic E-state index is 0.0617. The molecule has 680 valence electrons. The molecule has 0 fully saturated rings. The molecular formula is C117H76Br5N19O. The summed E-state index contributed by atoms with van der Waals surface area (Å²) < 4.78 is 5.23. The Morgan fingerprint density at radius 1 is 0.310 bits per heavy atom. The number of nitrogens with one attached hydrogen (secondary N) is 10. The van der Waals surface area contributed by atoms with Crippen LogP contribution < -0.4 is 16.8 Å². The van der Waals surface area contributed by atoms with E-state index in [1.54, 1.807) is 0 Å². The summed E-state index contributed by atoms with van der Waals surface area (Å²) in [6.07, 6.45) is 14.6. The first-order valence-electron chi connectivity index (χ1n) is 46.2. The van der Waals surface area contributed by atoms with E-state index >= 15 is 0 Å². The largest absolute Gasteiger partial charge is 0.399 e. The van der Waals surface area contributed by atoms with Crippen LogP contribution in [0.1, 0.15) is 16.7 Å². The summed E-state index contributed by atoms with van der Waals surface area (Å²) in [6, 6.07) is 100. The lowest BCUT2D eigenvalue weighted by Gasteiger charge is -2.09. The number of hydrogen-bond donors (Lipinski definition) is 12. The van der Waals surface area contributed by atoms with Crippen LogP contribution in [0.5, 0.6) is 0 Å². The van der Waals surface area contributed by atoms with Crippen LogP contribution in [0.15, 0.2) is 362 Å². The Morgan fingerprint density at radius 3 is 1.08 bits per heavy atom. The molecule has 1 amide bonds. The quantitative estimate of drug-likeness (QED) is 0.0532. The number of imidazole rings is 4. The number of aromatic nitrogens is 15. The zero-order valence-electron chi connectivity index (χ0n) is 75.3. The minimum Gasteiger partial charge on any atom is -0.399 e. The molecule has 1 aliphatic rings. The second-order valence-corrected chi connectivity index (χ2v) is 40.2. The third-order valence-electron chi connectivity index (χ3n) is 27.3. The number of nitrogens with two attached hydrogens (primary N) is 2. The molecular weight excluding hydrogens is 2090 g/mol. The first kappa shape index (κ1) is 86.1. The average Bonchev–Trinajstić information content (AvgIpc) is 1.57. The Bertz CT molecular complexity index is 10300. The summed E-state index contributed by atoms with van der Waals surface area (Å²) >= 11 is 17.9. The molecule has 14 N–H and O–H groups in total. The van der Waals surface area contributed by atoms with Crippen molar-refractivity contribution >= 4 is 315 Å². The smallest absolute Gasteiger partial charge is 0.238 e. The van der Waals surface area contributed by atoms with Crippen molar-refractivity contribution in [2.75, 3.05) is 17.6 Å². The Kier molecular flexibility index (Phi) is 21.0. The second kappa shape index (κ2) is 34.7. The predicted octanol–water partition coefficient (Wildman–Crippen LogP) is 31.6. The molecule has 20 nitrogen and oxygen atoms in total. The molecule has 0 saturated carbocycles. The number of anilines is 2. The highest BCUT2D eigenvalue weighted by atomic mass is 79.9. The maximum Gasteiger partial charge on any atom is 0.238 e. The van der Waals surface area contributed by atoms with Crippen molar-refractivity contribution in [1.29, 1.82) is 0 Å². The highest BCUT2D eigenvalue weighted by Crippen LogP contribution is 2.47. The number of carbonyl (C=O) groups is 1. The van der Waals surface area contributed by atoms with Gasteiger partial charge in [-0.05, 0) is 195 Å². The summed E-state index contributed by atoms with van der Waals surface area (Å²) in [5.74, 6) is 3.20. The van der Waals surface area contributed by atoms with Crippen molar-refractivity contribution in [1.82, 2.24) is 74.8 Å². The number of aliphatic imine (C=N–C) groups is 1. The van der Waals surface area contributed by atoms with Crippen LogP contribution in [-0.2, 0) is 11.2 Å². The summed E-state index contributed by atoms with van der Waals surface area (Å²) in [4.78, 5) is 77.3. The second-order valence-electron chi connectivity index (χ2n) is 35.7. The zero-order valence-corrected chi connectivity index (χ0v) is 83.2. The molecule has 0 atom stereocenters. The lowest BCUT2D eigenvalue weighted by molar-refractivity contribution is -0.114. The number of hydrogen-bond acceptors (Lipinski definition) is 10. The van der Waals surface area contributed by atoms with Gasteiger partial charge in [-0.1, -0.05) is 237 Å². The fraction of sp³-hybridized carbons (Fsp3) is 0.0256. The number of aromatic amines is 9. The number of benzene rings is 18. The number of fused-ring (bicyclic) bond motifs is 35. The van der Waals surface area contributed by atoms with E-state index < -0.39 is 0 Å². The van der Waals surface area contributed by atoms with Crippen molar-refractivity contribution in [2.45, 2.75) is 13.3 Å². The average molecular weight is 2160 g/mol. The Morgan fingerprint density at radius 2 is 0.634 bits per heavy atom. The molecule has 1 aliphatic heterocycles. The lowest BCUT2D eigenvalue weighted by Crippen LogP contribution is -2.21. The Labute approximate surface area is 848 Å². The number of amides is 1. The fourth-order valence-corrected chi connectivity index (χ4v) is 22.6. The van der Waals surface area contributed by atoms with Gasteiger partial charge in [0.2, 0.25) is 5.91 Å². The number of aryl methyl sites for hydroxylation is 1. The van der Waals surface area contributed by atoms with E-state index in [1.165, 1.54) is 59.6 Å². The third kappa shape index (κ3) is 14.7. The van der Waals surface area contributed by atoms with Crippen LogP contribution >= 0.6 is 79.6 Å². The van der Waals surface area contributed by atoms with Crippen molar-refractivity contribution in [2.24, 2.45) is 10.7 Å². The van der Waals surface area contributed by atoms with Crippen LogP contribution in [0.25, 0.3) is 252 Å². The Hall–Kier alpha value is -16.3. The molecule has 30 rings (SSSR count). The first-order valence-corrected chi connectivity index (χ1v) is 50.2. The van der Waals surface area contributed by atoms with E-state index in [9.17, 15) is 4.79 Å². The molecule has 0 aliphatic carbocycles. The number of rotatable bonds is 7. The van der Waals surface area contributed by atoms with Gasteiger partial charge in [-0.15, -0.1) is 0 Å². The van der Waals surface area contributed by atoms with Crippen LogP contribution in [0.2, 0.25) is 0 Å². The fourth-order valence-electron chi connectivity index (χ4n) is 20.8. The van der Waals surface area contributed by atoms with E-state index in [0.29, 0.717) is 5.69 Å². The molecule has 0 saturated heterocycles. The molecule has 0 bridgehead atoms. The van der Waals surface area contributed by atoms with Crippen molar-refractivity contribution in [3.05, 3.63) is 374 Å². The Balaban J connectivity index is 0.0000000910. The molecule has 0 spiro atoms. The number of nitrogen functional groups attached to an aromatic ring is 1. The third-order valence-corrected chi connectivity index (χ3v) is 29.7. The van der Waals surface area contributed by atoms with E-state index in [2.05, 4.69) is 359 Å². The van der Waals surface area contributed by atoms with Crippen molar-refractivity contribution in [3.63, 3.8) is 0 Å². The van der Waals surface area contributed by atoms with Gasteiger partial charge < -0.3 is 61.6 Å². The van der Waals surface area contributed by atoms with E-state index in [0.717, 1.165) is 255 Å². The normalized spacial score (nSPS) is 12.1. The maximum absolute atomic E-state index is 11.8. The first-order chi connectivity index (χ1) is 69.6. The number of H-pyrrole nitrogens is 9. The summed E-state index contributed by atoms with van der Waals surface area (Å²) in [5, 5.41) is 29.3. The van der Waals surface area contributed by atoms with Gasteiger partial charge in [0.25, 0.3) is 0 Å². The molecule has 18 aromatic carbocycles. The maximum atomic E-state index is 11.8. The number of carbonyl (C=O) groups excluding carboxylic acids is 1. The van der Waals surface area contributed by atoms with Crippen LogP contribution in [0, 0.1) is 6.92 Å². The van der Waals surface area contributed by atoms with Crippen molar-refractivity contribution < 1.29 is 4.79 Å². The van der Waals surface area contributed by atoms with Gasteiger partial charge in [0, 0.05) is 220 Å². The molecule has 12 heterocycles. The highest BCUT2D eigenvalue weighted by Gasteiger charge is 2.28. The zero-order chi connectivity index (χ0) is 95.4. The number of nitrogens with zero attached hydrogens (tertiary/aromatic N) is 7. The van der Waals surface area contributed by atoms with Crippen molar-refractivity contribution in [3.8, 4) is 45.6 Å². The van der Waals surface area contributed by atoms with Crippen LogP contribution in [-0.4, -0.2) is 92.9 Å². The van der Waals surface area contributed by atoms with Gasteiger partial charge >= 0.3 is 0 Å². The van der Waals surface area contributed by atoms with Gasteiger partial charge in [0.1, 0.15) is 23.3 Å². The van der Waals surface area contributed by atoms with Gasteiger partial charge in [0.05, 0.1) is 73.1 Å². The number of pyridine rings is 2. The molecule has 11 aromatic heterocycles. The van der Waals surface area contributed by atoms with Gasteiger partial charge in [-0.25, -0.2) is 19.9 Å². The standard InChI is InChI=1S/C25H18BrN5O.C24H17N3.C23H13Br2N3.C23H15BrN4.C22H13BrN4/c26-13-5-8-21-18(9-13)20(12-28-21)25-30-23-17-4-2-1-3-15(17)16-7-6-14(29-22(32)11-27)10-19(16)24(23)31-25;1-14-10-11-21-19(12-14)20(13-25-21)24-26-22-17-8-4-2-6-15(17)16-7-3-5-9-18(16)23(22)27-24;24-12-5-7-15-14-3-1-2-4-16(14)21-22(18(15)10-12)28-23(27-21)19-11-26-20-8-6-13(25)9-17(19)20;24-12-5-8-20-18(9-12)19(11-26-20)23-27-21-15-4-2-1-3-14(15)17-10-13(25)6-7-16(17)22(21)28-23;23-12-5-6-18-15(9-12)17(11-26-18)19-10-16-13-3-1-7-24-21(13)22-14(20(16)27-19)4-2-8-25-22/h1-10,12,28H,11,27H2,(H,29,32)(H,30,31);2-13,25H,1H3,(H,26,27);1-11,26H,(H,27,28);1-11,26H,25H2,(H,27,28);1-9,11,26H,10H2. The van der Waals surface area contributed by atoms with Crippen LogP contribution in [0.3, 0.4) is 0 Å². The molecule has 29 aromatic rings. The SMILES string of the molecule is Brc1ccc2[nH]cc(-c3nc4c5cc(Br)ccc5c5ccccc5c4[nH]3)c2c1.Brc1ccc2[nH]cc(C3=Nc4c(c5cccnc5c5ncccc45)C3)c2c1.Cc1ccc2[nH]cc(-c3nc4c5ccccc5c5ccccc5c4[nH]3)c2c1.NCC(=O)Nc1ccc2c3ccccc3c3[nH]c(-c4c[nH]c5ccc(Br)cc45)nc3c2c1.Nc1ccc2c(c1)c1ccccc1c1nc(-c3c[nH]c4ccc(Br)cc34)[nH]c21. The number of halogens is 5. The predicted molar refractivity (Wildman–Crippen MR) is 604 cm³/mol. The van der Waals surface area contributed by atoms with E-state index in [4.69, 9.17) is 36.4 Å². The summed E-state index contributed by atoms with van der Waals surface area (Å²) in [6.45, 7) is 2.06. The monoisotopic (exact) mass is 2160 g/mol. The van der Waals surface area contributed by atoms with Gasteiger partial charge in [-0.2, -0.15) is 0 Å². The van der Waals surface area contributed by atoms with E-state index in [1.807, 2.05) is 122 Å². The van der Waals surface area contributed by atoms with Gasteiger partial charge in [-0.3, -0.25) is 19.8 Å². The molecule has 0 unspecified atom stereocenters. The minimum atomic E-state index is -0.228. The van der Waals surface area contributed by atoms with Gasteiger partial charge in [0.15, 0.2) is 0 Å².